The minimum absolute atomic E-state index is 0.374. The number of unbranched alkanes of at least 4 members (excludes halogenated alkanes) is 1. The van der Waals surface area contributed by atoms with Crippen LogP contribution >= 0.6 is 19.2 Å². The lowest BCUT2D eigenvalue weighted by atomic mass is 9.98. The molecule has 0 saturated heterocycles. The van der Waals surface area contributed by atoms with Crippen molar-refractivity contribution in [3.05, 3.63) is 57.3 Å². The van der Waals surface area contributed by atoms with E-state index < -0.39 is 25.1 Å². The number of halogens is 3. The van der Waals surface area contributed by atoms with E-state index in [0.29, 0.717) is 37.7 Å². The van der Waals surface area contributed by atoms with Crippen molar-refractivity contribution in [2.45, 2.75) is 50.7 Å². The van der Waals surface area contributed by atoms with Crippen LogP contribution in [0.3, 0.4) is 0 Å². The van der Waals surface area contributed by atoms with E-state index in [1.54, 1.807) is 13.0 Å². The van der Waals surface area contributed by atoms with Crippen LogP contribution in [0.5, 0.6) is 0 Å². The van der Waals surface area contributed by atoms with Crippen LogP contribution in [0, 0.1) is 11.8 Å². The highest BCUT2D eigenvalue weighted by Gasteiger charge is 2.30. The summed E-state index contributed by atoms with van der Waals surface area (Å²) in [6.07, 6.45) is -1.59. The number of aryl methyl sites for hydroxylation is 2. The Morgan fingerprint density at radius 3 is 2.61 bits per heavy atom. The SMILES string of the molecule is CC(N)(CCc1ccc(C#CCCCc2cccc(C(F)(F)F)c2)s1)COP(=O)([O-])[O-]. The van der Waals surface area contributed by atoms with Crippen LogP contribution in [0.1, 0.15) is 47.1 Å². The summed E-state index contributed by atoms with van der Waals surface area (Å²) < 4.78 is 53.0. The number of thiophene rings is 1. The van der Waals surface area contributed by atoms with Crippen molar-refractivity contribution < 1.29 is 32.0 Å². The first-order valence-electron chi connectivity index (χ1n) is 9.53. The van der Waals surface area contributed by atoms with E-state index in [2.05, 4.69) is 16.4 Å². The van der Waals surface area contributed by atoms with Gasteiger partial charge in [-0.2, -0.15) is 13.2 Å². The van der Waals surface area contributed by atoms with Crippen molar-refractivity contribution in [2.75, 3.05) is 6.61 Å². The Hall–Kier alpha value is -1.66. The zero-order valence-electron chi connectivity index (χ0n) is 16.9. The molecular formula is C21H23F3NO4PS-2. The van der Waals surface area contributed by atoms with Crippen molar-refractivity contribution in [1.82, 2.24) is 0 Å². The van der Waals surface area contributed by atoms with Gasteiger partial charge in [0.15, 0.2) is 0 Å². The van der Waals surface area contributed by atoms with Crippen LogP contribution in [0.25, 0.3) is 0 Å². The molecule has 2 N–H and O–H groups in total. The molecule has 1 unspecified atom stereocenters. The second-order valence-corrected chi connectivity index (χ2v) is 9.82. The Bertz CT molecular complexity index is 973. The minimum atomic E-state index is -5.05. The Kier molecular flexibility index (Phi) is 8.90. The van der Waals surface area contributed by atoms with Gasteiger partial charge >= 0.3 is 6.18 Å². The molecule has 0 fully saturated rings. The van der Waals surface area contributed by atoms with E-state index in [9.17, 15) is 27.5 Å². The molecule has 0 bridgehead atoms. The fourth-order valence-corrected chi connectivity index (χ4v) is 4.06. The van der Waals surface area contributed by atoms with Crippen LogP contribution in [-0.4, -0.2) is 12.1 Å². The zero-order valence-corrected chi connectivity index (χ0v) is 18.6. The van der Waals surface area contributed by atoms with Gasteiger partial charge in [0.05, 0.1) is 24.9 Å². The molecule has 31 heavy (non-hydrogen) atoms. The molecule has 0 aliphatic rings. The maximum Gasteiger partial charge on any atom is 0.416 e. The van der Waals surface area contributed by atoms with Gasteiger partial charge < -0.3 is 24.6 Å². The summed E-state index contributed by atoms with van der Waals surface area (Å²) >= 11 is 1.48. The number of rotatable bonds is 9. The van der Waals surface area contributed by atoms with Gasteiger partial charge in [0.1, 0.15) is 0 Å². The van der Waals surface area contributed by atoms with Crippen LogP contribution in [-0.2, 0) is 28.1 Å². The Morgan fingerprint density at radius 1 is 1.19 bits per heavy atom. The van der Waals surface area contributed by atoms with Gasteiger partial charge in [-0.05, 0) is 56.4 Å². The number of nitrogens with two attached hydrogens (primary N) is 1. The number of phosphoric acid groups is 1. The topological polar surface area (TPSA) is 98.4 Å². The highest BCUT2D eigenvalue weighted by molar-refractivity contribution is 7.43. The molecule has 1 aromatic heterocycles. The highest BCUT2D eigenvalue weighted by Crippen LogP contribution is 2.30. The van der Waals surface area contributed by atoms with Crippen LogP contribution < -0.4 is 15.5 Å². The van der Waals surface area contributed by atoms with E-state index in [1.807, 2.05) is 12.1 Å². The largest absolute Gasteiger partial charge is 0.790 e. The van der Waals surface area contributed by atoms with E-state index in [0.717, 1.165) is 15.8 Å². The van der Waals surface area contributed by atoms with Gasteiger partial charge in [-0.3, -0.25) is 0 Å². The molecule has 0 aliphatic carbocycles. The van der Waals surface area contributed by atoms with Crippen molar-refractivity contribution in [3.63, 3.8) is 0 Å². The number of phosphoric ester groups is 1. The number of benzene rings is 1. The second-order valence-electron chi connectivity index (χ2n) is 7.49. The molecule has 2 aromatic rings. The van der Waals surface area contributed by atoms with Crippen LogP contribution in [0.2, 0.25) is 0 Å². The lowest BCUT2D eigenvalue weighted by Gasteiger charge is -2.33. The lowest BCUT2D eigenvalue weighted by Crippen LogP contribution is -2.42. The average Bonchev–Trinajstić information content (AvgIpc) is 3.12. The highest BCUT2D eigenvalue weighted by atomic mass is 32.1. The van der Waals surface area contributed by atoms with Gasteiger partial charge in [-0.15, -0.1) is 11.3 Å². The molecule has 0 radical (unpaired) electrons. The summed E-state index contributed by atoms with van der Waals surface area (Å²) in [6.45, 7) is 1.24. The summed E-state index contributed by atoms with van der Waals surface area (Å²) in [7, 11) is -5.05. The zero-order chi connectivity index (χ0) is 23.1. The molecule has 0 amide bonds. The molecule has 1 aromatic carbocycles. The fourth-order valence-electron chi connectivity index (χ4n) is 2.72. The van der Waals surface area contributed by atoms with Gasteiger partial charge in [0.25, 0.3) is 0 Å². The molecule has 1 heterocycles. The normalized spacial score (nSPS) is 14.0. The number of alkyl halides is 3. The van der Waals surface area contributed by atoms with Crippen molar-refractivity contribution >= 4 is 19.2 Å². The van der Waals surface area contributed by atoms with E-state index in [-0.39, 0.29) is 6.61 Å². The summed E-state index contributed by atoms with van der Waals surface area (Å²) in [5, 5.41) is 0. The Balaban J connectivity index is 1.78. The predicted molar refractivity (Wildman–Crippen MR) is 110 cm³/mol. The summed E-state index contributed by atoms with van der Waals surface area (Å²) in [4.78, 5) is 23.0. The minimum Gasteiger partial charge on any atom is -0.790 e. The molecule has 0 spiro atoms. The molecule has 0 saturated carbocycles. The molecule has 0 aliphatic heterocycles. The van der Waals surface area contributed by atoms with Gasteiger partial charge in [0, 0.05) is 16.8 Å². The quantitative estimate of drug-likeness (QED) is 0.341. The third kappa shape index (κ3) is 10.0. The van der Waals surface area contributed by atoms with Gasteiger partial charge in [-0.1, -0.05) is 30.0 Å². The van der Waals surface area contributed by atoms with E-state index >= 15 is 0 Å². The lowest BCUT2D eigenvalue weighted by molar-refractivity contribution is -0.342. The van der Waals surface area contributed by atoms with Crippen LogP contribution in [0.15, 0.2) is 36.4 Å². The first-order chi connectivity index (χ1) is 14.3. The number of hydrogen-bond acceptors (Lipinski definition) is 6. The van der Waals surface area contributed by atoms with Crippen molar-refractivity contribution in [1.29, 1.82) is 0 Å². The number of hydrogen-bond donors (Lipinski definition) is 1. The summed E-state index contributed by atoms with van der Waals surface area (Å²) in [5.41, 5.74) is 5.00. The van der Waals surface area contributed by atoms with Crippen LogP contribution in [0.4, 0.5) is 13.2 Å². The first kappa shape index (κ1) is 25.6. The Labute approximate surface area is 183 Å². The molecule has 170 valence electrons. The van der Waals surface area contributed by atoms with Gasteiger partial charge in [-0.25, -0.2) is 0 Å². The third-order valence-corrected chi connectivity index (χ3v) is 5.90. The Morgan fingerprint density at radius 2 is 1.94 bits per heavy atom. The molecule has 1 atom stereocenters. The monoisotopic (exact) mass is 473 g/mol. The van der Waals surface area contributed by atoms with Gasteiger partial charge in [0.2, 0.25) is 0 Å². The smallest absolute Gasteiger partial charge is 0.416 e. The van der Waals surface area contributed by atoms with Crippen molar-refractivity contribution in [3.8, 4) is 11.8 Å². The summed E-state index contributed by atoms with van der Waals surface area (Å²) in [6, 6.07) is 9.09. The molecular weight excluding hydrogens is 450 g/mol. The second kappa shape index (κ2) is 10.8. The standard InChI is InChI=1S/C21H25F3NO4PS/c1-20(25,15-29-30(26,27)28)13-12-19-11-10-18(31-19)9-4-2-3-6-16-7-5-8-17(14-16)21(22,23)24/h5,7-8,10-11,14H,2-3,6,12-13,15,25H2,1H3,(H2,26,27,28)/p-2. The average molecular weight is 473 g/mol. The third-order valence-electron chi connectivity index (χ3n) is 4.39. The van der Waals surface area contributed by atoms with Crippen molar-refractivity contribution in [2.24, 2.45) is 5.73 Å². The molecule has 5 nitrogen and oxygen atoms in total. The van der Waals surface area contributed by atoms with E-state index in [1.165, 1.54) is 23.5 Å². The predicted octanol–water partition coefficient (Wildman–Crippen LogP) is 3.64. The first-order valence-corrected chi connectivity index (χ1v) is 11.8. The maximum atomic E-state index is 12.7. The summed E-state index contributed by atoms with van der Waals surface area (Å²) in [5.74, 6) is 6.07. The maximum absolute atomic E-state index is 12.7. The molecule has 10 heteroatoms. The van der Waals surface area contributed by atoms with E-state index in [4.69, 9.17) is 5.73 Å². The molecule has 2 rings (SSSR count). The fraction of sp³-hybridized carbons (Fsp3) is 0.429.